The Kier molecular flexibility index (Phi) is 1.63. The van der Waals surface area contributed by atoms with Gasteiger partial charge in [0, 0.05) is 0 Å². The number of hydrogen-bond acceptors (Lipinski definition) is 3. The molecule has 0 fully saturated rings. The lowest BCUT2D eigenvalue weighted by molar-refractivity contribution is -0.141. The van der Waals surface area contributed by atoms with E-state index in [2.05, 4.69) is 15.2 Å². The predicted molar refractivity (Wildman–Crippen MR) is 40.6 cm³/mol. The molecule has 0 aliphatic carbocycles. The fraction of sp³-hybridized carbons (Fsp3) is 0.143. The highest BCUT2D eigenvalue weighted by Crippen LogP contribution is 2.29. The molecule has 0 aromatic carbocycles. The van der Waals surface area contributed by atoms with Gasteiger partial charge < -0.3 is 5.11 Å². The van der Waals surface area contributed by atoms with Crippen molar-refractivity contribution in [3.8, 4) is 5.88 Å². The molecule has 0 aliphatic heterocycles. The highest BCUT2D eigenvalue weighted by molar-refractivity contribution is 5.80. The van der Waals surface area contributed by atoms with Gasteiger partial charge in [0.15, 0.2) is 5.65 Å². The Labute approximate surface area is 75.4 Å². The Morgan fingerprint density at radius 2 is 2.00 bits per heavy atom. The smallest absolute Gasteiger partial charge is 0.433 e. The van der Waals surface area contributed by atoms with E-state index in [0.29, 0.717) is 0 Å². The first-order valence-corrected chi connectivity index (χ1v) is 3.60. The zero-order valence-corrected chi connectivity index (χ0v) is 6.63. The summed E-state index contributed by atoms with van der Waals surface area (Å²) >= 11 is 0. The Morgan fingerprint density at radius 3 is 2.64 bits per heavy atom. The standard InChI is InChI=1S/C7H4F3N3O/c8-7(9,10)4-2-1-3-5(11-4)12-13-6(3)14/h1-2H,(H2,11,12,13,14). The predicted octanol–water partition coefficient (Wildman–Crippen LogP) is 1.68. The number of aromatic nitrogens is 3. The van der Waals surface area contributed by atoms with Gasteiger partial charge in [0.1, 0.15) is 5.69 Å². The highest BCUT2D eigenvalue weighted by Gasteiger charge is 2.32. The molecular formula is C7H4F3N3O. The zero-order chi connectivity index (χ0) is 10.3. The van der Waals surface area contributed by atoms with Crippen LogP contribution in [0, 0.1) is 0 Å². The number of pyridine rings is 1. The topological polar surface area (TPSA) is 61.8 Å². The van der Waals surface area contributed by atoms with Gasteiger partial charge >= 0.3 is 6.18 Å². The van der Waals surface area contributed by atoms with E-state index >= 15 is 0 Å². The van der Waals surface area contributed by atoms with E-state index in [0.717, 1.165) is 12.1 Å². The molecule has 0 spiro atoms. The summed E-state index contributed by atoms with van der Waals surface area (Å²) in [5, 5.41) is 14.7. The van der Waals surface area contributed by atoms with Gasteiger partial charge in [-0.25, -0.2) is 4.98 Å². The fourth-order valence-corrected chi connectivity index (χ4v) is 1.05. The van der Waals surface area contributed by atoms with Crippen molar-refractivity contribution in [2.24, 2.45) is 0 Å². The van der Waals surface area contributed by atoms with Crippen molar-refractivity contribution >= 4 is 11.0 Å². The molecule has 74 valence electrons. The molecule has 2 N–H and O–H groups in total. The van der Waals surface area contributed by atoms with E-state index < -0.39 is 11.9 Å². The van der Waals surface area contributed by atoms with Crippen LogP contribution in [0.15, 0.2) is 12.1 Å². The molecule has 0 unspecified atom stereocenters. The molecular weight excluding hydrogens is 199 g/mol. The molecule has 2 aromatic rings. The molecule has 7 heteroatoms. The van der Waals surface area contributed by atoms with Crippen molar-refractivity contribution in [2.75, 3.05) is 0 Å². The third-order valence-electron chi connectivity index (χ3n) is 1.69. The van der Waals surface area contributed by atoms with Crippen LogP contribution < -0.4 is 0 Å². The van der Waals surface area contributed by atoms with Crippen molar-refractivity contribution in [1.82, 2.24) is 15.2 Å². The van der Waals surface area contributed by atoms with Gasteiger partial charge in [0.25, 0.3) is 0 Å². The molecule has 4 nitrogen and oxygen atoms in total. The number of nitrogens with one attached hydrogen (secondary N) is 1. The first-order valence-electron chi connectivity index (χ1n) is 3.60. The van der Waals surface area contributed by atoms with Crippen LogP contribution in [0.1, 0.15) is 5.69 Å². The number of H-pyrrole nitrogens is 1. The van der Waals surface area contributed by atoms with Crippen molar-refractivity contribution in [2.45, 2.75) is 6.18 Å². The third kappa shape index (κ3) is 1.26. The minimum absolute atomic E-state index is 0.0858. The molecule has 0 saturated carbocycles. The second-order valence-electron chi connectivity index (χ2n) is 2.64. The number of fused-ring (bicyclic) bond motifs is 1. The largest absolute Gasteiger partial charge is 0.492 e. The van der Waals surface area contributed by atoms with Gasteiger partial charge in [-0.15, -0.1) is 5.10 Å². The van der Waals surface area contributed by atoms with Crippen LogP contribution in [-0.2, 0) is 6.18 Å². The highest BCUT2D eigenvalue weighted by atomic mass is 19.4. The summed E-state index contributed by atoms with van der Waals surface area (Å²) in [4.78, 5) is 3.26. The summed E-state index contributed by atoms with van der Waals surface area (Å²) < 4.78 is 36.5. The van der Waals surface area contributed by atoms with E-state index in [4.69, 9.17) is 5.11 Å². The number of aromatic hydroxyl groups is 1. The SMILES string of the molecule is Oc1n[nH]c2nc(C(F)(F)F)ccc12. The van der Waals surface area contributed by atoms with E-state index in [1.54, 1.807) is 0 Å². The molecule has 0 aliphatic rings. The summed E-state index contributed by atoms with van der Waals surface area (Å²) in [6, 6.07) is 1.90. The lowest BCUT2D eigenvalue weighted by Crippen LogP contribution is -2.07. The number of alkyl halides is 3. The van der Waals surface area contributed by atoms with Gasteiger partial charge in [-0.05, 0) is 12.1 Å². The lowest BCUT2D eigenvalue weighted by Gasteiger charge is -2.03. The minimum Gasteiger partial charge on any atom is -0.492 e. The number of hydrogen-bond donors (Lipinski definition) is 2. The van der Waals surface area contributed by atoms with Crippen molar-refractivity contribution in [3.63, 3.8) is 0 Å². The van der Waals surface area contributed by atoms with Gasteiger partial charge in [0.05, 0.1) is 5.39 Å². The molecule has 2 rings (SSSR count). The second kappa shape index (κ2) is 2.60. The van der Waals surface area contributed by atoms with Crippen molar-refractivity contribution in [1.29, 1.82) is 0 Å². The van der Waals surface area contributed by atoms with Crippen LogP contribution in [-0.4, -0.2) is 20.3 Å². The molecule has 14 heavy (non-hydrogen) atoms. The van der Waals surface area contributed by atoms with Crippen molar-refractivity contribution < 1.29 is 18.3 Å². The number of halogens is 3. The van der Waals surface area contributed by atoms with Gasteiger partial charge in [0.2, 0.25) is 5.88 Å². The average molecular weight is 203 g/mol. The van der Waals surface area contributed by atoms with Crippen LogP contribution >= 0.6 is 0 Å². The average Bonchev–Trinajstić information content (AvgIpc) is 2.46. The van der Waals surface area contributed by atoms with Crippen molar-refractivity contribution in [3.05, 3.63) is 17.8 Å². The van der Waals surface area contributed by atoms with E-state index in [1.807, 2.05) is 0 Å². The first-order chi connectivity index (χ1) is 6.48. The Morgan fingerprint density at radius 1 is 1.29 bits per heavy atom. The maximum atomic E-state index is 12.2. The molecule has 0 saturated heterocycles. The first kappa shape index (κ1) is 8.79. The summed E-state index contributed by atoms with van der Waals surface area (Å²) in [5.41, 5.74) is -1.11. The van der Waals surface area contributed by atoms with E-state index in [-0.39, 0.29) is 16.9 Å². The molecule has 0 amide bonds. The Bertz CT molecular complexity index is 476. The summed E-state index contributed by atoms with van der Waals surface area (Å²) in [7, 11) is 0. The maximum absolute atomic E-state index is 12.2. The molecule has 0 bridgehead atoms. The minimum atomic E-state index is -4.49. The number of rotatable bonds is 0. The molecule has 2 aromatic heterocycles. The van der Waals surface area contributed by atoms with Crippen LogP contribution in [0.2, 0.25) is 0 Å². The lowest BCUT2D eigenvalue weighted by atomic mass is 10.3. The van der Waals surface area contributed by atoms with Crippen LogP contribution in [0.3, 0.4) is 0 Å². The normalized spacial score (nSPS) is 12.2. The Hall–Kier alpha value is -1.79. The zero-order valence-electron chi connectivity index (χ0n) is 6.63. The number of aromatic amines is 1. The number of nitrogens with zero attached hydrogens (tertiary/aromatic N) is 2. The van der Waals surface area contributed by atoms with Crippen LogP contribution in [0.4, 0.5) is 13.2 Å². The summed E-state index contributed by atoms with van der Waals surface area (Å²) in [6.45, 7) is 0. The molecule has 0 atom stereocenters. The maximum Gasteiger partial charge on any atom is 0.433 e. The fourth-order valence-electron chi connectivity index (χ4n) is 1.05. The van der Waals surface area contributed by atoms with Crippen LogP contribution in [0.5, 0.6) is 5.88 Å². The summed E-state index contributed by atoms with van der Waals surface area (Å²) in [6.07, 6.45) is -4.49. The second-order valence-corrected chi connectivity index (χ2v) is 2.64. The van der Waals surface area contributed by atoms with E-state index in [9.17, 15) is 13.2 Å². The van der Waals surface area contributed by atoms with Gasteiger partial charge in [-0.2, -0.15) is 13.2 Å². The van der Waals surface area contributed by atoms with E-state index in [1.165, 1.54) is 0 Å². The third-order valence-corrected chi connectivity index (χ3v) is 1.69. The Balaban J connectivity index is 2.63. The molecule has 2 heterocycles. The van der Waals surface area contributed by atoms with Gasteiger partial charge in [-0.1, -0.05) is 0 Å². The van der Waals surface area contributed by atoms with Crippen LogP contribution in [0.25, 0.3) is 11.0 Å². The van der Waals surface area contributed by atoms with Gasteiger partial charge in [-0.3, -0.25) is 5.10 Å². The molecule has 0 radical (unpaired) electrons. The summed E-state index contributed by atoms with van der Waals surface area (Å²) in [5.74, 6) is -0.360. The monoisotopic (exact) mass is 203 g/mol. The quantitative estimate of drug-likeness (QED) is 0.684.